The second-order valence-electron chi connectivity index (χ2n) is 8.81. The van der Waals surface area contributed by atoms with Crippen molar-refractivity contribution < 1.29 is 24.2 Å². The molecule has 2 atom stereocenters. The van der Waals surface area contributed by atoms with Crippen molar-refractivity contribution in [3.05, 3.63) is 76.9 Å². The van der Waals surface area contributed by atoms with Crippen molar-refractivity contribution in [1.82, 2.24) is 10.6 Å². The molecule has 2 amide bonds. The van der Waals surface area contributed by atoms with E-state index in [1.807, 2.05) is 45.0 Å². The first-order valence-corrected chi connectivity index (χ1v) is 10.5. The summed E-state index contributed by atoms with van der Waals surface area (Å²) in [6, 6.07) is 14.3. The number of aromatic carboxylic acids is 1. The van der Waals surface area contributed by atoms with Gasteiger partial charge in [-0.25, -0.2) is 9.59 Å². The number of carbonyl (C=O) groups is 3. The topological polar surface area (TPSA) is 105 Å². The number of alkyl carbamates (subject to hydrolysis) is 1. The van der Waals surface area contributed by atoms with Crippen LogP contribution in [0.15, 0.2) is 54.6 Å². The fraction of sp³-hybridized carbons (Fsp3) is 0.320. The summed E-state index contributed by atoms with van der Waals surface area (Å²) in [7, 11) is 0. The van der Waals surface area contributed by atoms with Crippen LogP contribution in [0.1, 0.15) is 60.2 Å². The molecule has 1 saturated carbocycles. The first-order valence-electron chi connectivity index (χ1n) is 10.5. The van der Waals surface area contributed by atoms with E-state index in [4.69, 9.17) is 9.84 Å². The van der Waals surface area contributed by atoms with Crippen LogP contribution in [-0.4, -0.2) is 34.7 Å². The standard InChI is InChI=1S/C25H28N2O5/c1-25(2,3)32-24(31)27-21-14-20(21)18-9-4-16(5-10-18)8-13-22(28)26-15-17-6-11-19(12-7-17)23(29)30/h4-13,20-21H,14-15H2,1-3H3,(H,26,28)(H,27,31)(H,29,30)/b13-8+/t20-,21+/m0/s1. The highest BCUT2D eigenvalue weighted by Gasteiger charge is 2.40. The first kappa shape index (κ1) is 23.1. The zero-order chi connectivity index (χ0) is 23.3. The van der Waals surface area contributed by atoms with E-state index >= 15 is 0 Å². The molecule has 7 nitrogen and oxygen atoms in total. The number of carboxylic acid groups (broad SMARTS) is 1. The van der Waals surface area contributed by atoms with E-state index in [1.54, 1.807) is 18.2 Å². The van der Waals surface area contributed by atoms with Crippen LogP contribution >= 0.6 is 0 Å². The SMILES string of the molecule is CC(C)(C)OC(=O)N[C@@H]1C[C@H]1c1ccc(/C=C/C(=O)NCc2ccc(C(=O)O)cc2)cc1. The second kappa shape index (κ2) is 9.68. The highest BCUT2D eigenvalue weighted by atomic mass is 16.6. The van der Waals surface area contributed by atoms with Crippen LogP contribution in [0.2, 0.25) is 0 Å². The fourth-order valence-electron chi connectivity index (χ4n) is 3.22. The summed E-state index contributed by atoms with van der Waals surface area (Å²) < 4.78 is 5.29. The van der Waals surface area contributed by atoms with Gasteiger partial charge >= 0.3 is 12.1 Å². The third-order valence-corrected chi connectivity index (χ3v) is 4.95. The molecule has 1 aliphatic rings. The van der Waals surface area contributed by atoms with Crippen LogP contribution in [0, 0.1) is 0 Å². The Bertz CT molecular complexity index is 1000. The molecule has 0 aromatic heterocycles. The molecule has 3 rings (SSSR count). The van der Waals surface area contributed by atoms with Crippen molar-refractivity contribution in [1.29, 1.82) is 0 Å². The summed E-state index contributed by atoms with van der Waals surface area (Å²) in [5.74, 6) is -0.942. The monoisotopic (exact) mass is 436 g/mol. The van der Waals surface area contributed by atoms with E-state index < -0.39 is 17.7 Å². The Kier molecular flexibility index (Phi) is 6.98. The van der Waals surface area contributed by atoms with E-state index in [0.717, 1.165) is 23.1 Å². The molecule has 1 fully saturated rings. The van der Waals surface area contributed by atoms with Gasteiger partial charge < -0.3 is 20.5 Å². The molecule has 0 saturated heterocycles. The number of benzene rings is 2. The van der Waals surface area contributed by atoms with E-state index in [2.05, 4.69) is 10.6 Å². The number of hydrogen-bond acceptors (Lipinski definition) is 4. The van der Waals surface area contributed by atoms with E-state index in [-0.39, 0.29) is 23.4 Å². The Morgan fingerprint density at radius 2 is 1.72 bits per heavy atom. The quantitative estimate of drug-likeness (QED) is 0.567. The molecule has 3 N–H and O–H groups in total. The predicted octanol–water partition coefficient (Wildman–Crippen LogP) is 4.10. The summed E-state index contributed by atoms with van der Waals surface area (Å²) in [4.78, 5) is 34.8. The number of carbonyl (C=O) groups excluding carboxylic acids is 2. The Morgan fingerprint density at radius 3 is 2.31 bits per heavy atom. The summed E-state index contributed by atoms with van der Waals surface area (Å²) in [5.41, 5.74) is 2.55. The Balaban J connectivity index is 1.44. The maximum atomic E-state index is 12.1. The van der Waals surface area contributed by atoms with Crippen molar-refractivity contribution in [2.45, 2.75) is 51.3 Å². The summed E-state index contributed by atoms with van der Waals surface area (Å²) in [5, 5.41) is 14.6. The highest BCUT2D eigenvalue weighted by molar-refractivity contribution is 5.91. The van der Waals surface area contributed by atoms with Crippen molar-refractivity contribution in [2.24, 2.45) is 0 Å². The zero-order valence-corrected chi connectivity index (χ0v) is 18.4. The molecule has 0 spiro atoms. The molecule has 0 aliphatic heterocycles. The van der Waals surface area contributed by atoms with E-state index in [0.29, 0.717) is 6.54 Å². The first-order chi connectivity index (χ1) is 15.1. The summed E-state index contributed by atoms with van der Waals surface area (Å²) in [6.07, 6.45) is 3.68. The number of nitrogens with one attached hydrogen (secondary N) is 2. The molecule has 0 bridgehead atoms. The Labute approximate surface area is 187 Å². The largest absolute Gasteiger partial charge is 0.478 e. The van der Waals surface area contributed by atoms with Crippen LogP contribution in [-0.2, 0) is 16.1 Å². The Hall–Kier alpha value is -3.61. The molecule has 1 aliphatic carbocycles. The van der Waals surface area contributed by atoms with Gasteiger partial charge in [0.2, 0.25) is 5.91 Å². The average molecular weight is 437 g/mol. The molecule has 2 aromatic rings. The van der Waals surface area contributed by atoms with Gasteiger partial charge in [0.15, 0.2) is 0 Å². The third-order valence-electron chi connectivity index (χ3n) is 4.95. The molecular formula is C25H28N2O5. The predicted molar refractivity (Wildman–Crippen MR) is 121 cm³/mol. The van der Waals surface area contributed by atoms with Crippen molar-refractivity contribution in [2.75, 3.05) is 0 Å². The van der Waals surface area contributed by atoms with E-state index in [9.17, 15) is 14.4 Å². The number of carboxylic acids is 1. The molecule has 0 heterocycles. The fourth-order valence-corrected chi connectivity index (χ4v) is 3.22. The van der Waals surface area contributed by atoms with Crippen LogP contribution in [0.4, 0.5) is 4.79 Å². The van der Waals surface area contributed by atoms with Crippen LogP contribution in [0.3, 0.4) is 0 Å². The molecule has 168 valence electrons. The number of rotatable bonds is 7. The maximum absolute atomic E-state index is 12.1. The summed E-state index contributed by atoms with van der Waals surface area (Å²) in [6.45, 7) is 5.82. The van der Waals surface area contributed by atoms with Crippen molar-refractivity contribution >= 4 is 24.0 Å². The molecule has 0 unspecified atom stereocenters. The van der Waals surface area contributed by atoms with Crippen LogP contribution in [0.25, 0.3) is 6.08 Å². The third kappa shape index (κ3) is 6.97. The lowest BCUT2D eigenvalue weighted by Crippen LogP contribution is -2.34. The zero-order valence-electron chi connectivity index (χ0n) is 18.4. The minimum Gasteiger partial charge on any atom is -0.478 e. The van der Waals surface area contributed by atoms with Crippen molar-refractivity contribution in [3.63, 3.8) is 0 Å². The number of amides is 2. The van der Waals surface area contributed by atoms with E-state index in [1.165, 1.54) is 18.2 Å². The Morgan fingerprint density at radius 1 is 1.06 bits per heavy atom. The van der Waals surface area contributed by atoms with Gasteiger partial charge in [0.25, 0.3) is 0 Å². The van der Waals surface area contributed by atoms with Gasteiger partial charge in [-0.15, -0.1) is 0 Å². The van der Waals surface area contributed by atoms with Crippen LogP contribution < -0.4 is 10.6 Å². The molecular weight excluding hydrogens is 408 g/mol. The van der Waals surface area contributed by atoms with Crippen molar-refractivity contribution in [3.8, 4) is 0 Å². The molecule has 2 aromatic carbocycles. The normalized spacial score (nSPS) is 17.6. The minimum absolute atomic E-state index is 0.0848. The number of hydrogen-bond donors (Lipinski definition) is 3. The molecule has 7 heteroatoms. The minimum atomic E-state index is -0.981. The lowest BCUT2D eigenvalue weighted by atomic mass is 10.1. The van der Waals surface area contributed by atoms with Gasteiger partial charge in [-0.2, -0.15) is 0 Å². The van der Waals surface area contributed by atoms with Gasteiger partial charge in [-0.1, -0.05) is 36.4 Å². The van der Waals surface area contributed by atoms with Gasteiger partial charge in [0, 0.05) is 24.6 Å². The van der Waals surface area contributed by atoms with Gasteiger partial charge in [0.05, 0.1) is 5.56 Å². The smallest absolute Gasteiger partial charge is 0.407 e. The van der Waals surface area contributed by atoms with Crippen LogP contribution in [0.5, 0.6) is 0 Å². The second-order valence-corrected chi connectivity index (χ2v) is 8.81. The van der Waals surface area contributed by atoms with Gasteiger partial charge in [-0.05, 0) is 62.1 Å². The van der Waals surface area contributed by atoms with Gasteiger partial charge in [0.1, 0.15) is 5.60 Å². The lowest BCUT2D eigenvalue weighted by Gasteiger charge is -2.19. The average Bonchev–Trinajstić information content (AvgIpc) is 3.48. The lowest BCUT2D eigenvalue weighted by molar-refractivity contribution is -0.116. The van der Waals surface area contributed by atoms with Gasteiger partial charge in [-0.3, -0.25) is 4.79 Å². The maximum Gasteiger partial charge on any atom is 0.407 e. The summed E-state index contributed by atoms with van der Waals surface area (Å²) >= 11 is 0. The number of ether oxygens (including phenoxy) is 1. The molecule has 0 radical (unpaired) electrons. The molecule has 32 heavy (non-hydrogen) atoms. The highest BCUT2D eigenvalue weighted by Crippen LogP contribution is 2.41.